The number of thiazole rings is 1. The van der Waals surface area contributed by atoms with Crippen LogP contribution in [0.15, 0.2) is 24.4 Å². The van der Waals surface area contributed by atoms with E-state index in [9.17, 15) is 4.79 Å². The van der Waals surface area contributed by atoms with Crippen molar-refractivity contribution in [2.24, 2.45) is 0 Å². The first-order chi connectivity index (χ1) is 12.4. The van der Waals surface area contributed by atoms with Gasteiger partial charge in [0.1, 0.15) is 0 Å². The van der Waals surface area contributed by atoms with Gasteiger partial charge in [0.05, 0.1) is 18.8 Å². The summed E-state index contributed by atoms with van der Waals surface area (Å²) in [6.07, 6.45) is 2.61. The van der Waals surface area contributed by atoms with Gasteiger partial charge in [-0.15, -0.1) is 11.3 Å². The molecule has 2 heterocycles. The molecule has 1 saturated heterocycles. The lowest BCUT2D eigenvalue weighted by Gasteiger charge is -2.34. The zero-order valence-corrected chi connectivity index (χ0v) is 17.0. The molecule has 1 aliphatic rings. The average Bonchev–Trinajstić information content (AvgIpc) is 2.97. The van der Waals surface area contributed by atoms with Crippen molar-refractivity contribution in [1.82, 2.24) is 9.88 Å². The van der Waals surface area contributed by atoms with Gasteiger partial charge in [-0.2, -0.15) is 0 Å². The van der Waals surface area contributed by atoms with E-state index in [0.717, 1.165) is 23.5 Å². The largest absolute Gasteiger partial charge is 0.373 e. The maximum Gasteiger partial charge on any atom is 0.240 e. The minimum Gasteiger partial charge on any atom is -0.373 e. The third kappa shape index (κ3) is 5.18. The third-order valence-corrected chi connectivity index (χ3v) is 5.70. The molecule has 1 aromatic heterocycles. The van der Waals surface area contributed by atoms with Crippen molar-refractivity contribution in [1.29, 1.82) is 0 Å². The Bertz CT molecular complexity index is 753. The number of halogens is 2. The molecule has 0 bridgehead atoms. The van der Waals surface area contributed by atoms with E-state index < -0.39 is 0 Å². The third-order valence-electron chi connectivity index (χ3n) is 4.08. The second-order valence-electron chi connectivity index (χ2n) is 6.51. The van der Waals surface area contributed by atoms with Crippen LogP contribution in [0.5, 0.6) is 0 Å². The summed E-state index contributed by atoms with van der Waals surface area (Å²) in [5.74, 6) is -0.0667. The van der Waals surface area contributed by atoms with Crippen LogP contribution >= 0.6 is 34.5 Å². The van der Waals surface area contributed by atoms with Gasteiger partial charge in [-0.3, -0.25) is 9.69 Å². The van der Waals surface area contributed by atoms with Crippen LogP contribution in [-0.4, -0.2) is 47.6 Å². The Hall–Kier alpha value is -1.18. The normalized spacial score (nSPS) is 20.9. The first-order valence-corrected chi connectivity index (χ1v) is 10.0. The lowest BCUT2D eigenvalue weighted by atomic mass is 10.1. The summed E-state index contributed by atoms with van der Waals surface area (Å²) in [4.78, 5) is 19.7. The number of ether oxygens (including phenoxy) is 1. The van der Waals surface area contributed by atoms with Gasteiger partial charge in [-0.25, -0.2) is 4.98 Å². The van der Waals surface area contributed by atoms with Crippen LogP contribution in [0, 0.1) is 0 Å². The van der Waals surface area contributed by atoms with Crippen molar-refractivity contribution in [2.75, 3.05) is 25.0 Å². The van der Waals surface area contributed by atoms with Gasteiger partial charge in [0.25, 0.3) is 0 Å². The predicted molar refractivity (Wildman–Crippen MR) is 106 cm³/mol. The minimum atomic E-state index is -0.0667. The zero-order chi connectivity index (χ0) is 18.7. The average molecular weight is 414 g/mol. The molecule has 0 aliphatic carbocycles. The summed E-state index contributed by atoms with van der Waals surface area (Å²) in [7, 11) is 0. The molecule has 1 aliphatic heterocycles. The highest BCUT2D eigenvalue weighted by Crippen LogP contribution is 2.29. The van der Waals surface area contributed by atoms with Crippen molar-refractivity contribution >= 4 is 45.6 Å². The van der Waals surface area contributed by atoms with Crippen molar-refractivity contribution in [3.63, 3.8) is 0 Å². The summed E-state index contributed by atoms with van der Waals surface area (Å²) >= 11 is 13.9. The van der Waals surface area contributed by atoms with Crippen molar-refractivity contribution < 1.29 is 9.53 Å². The standard InChI is InChI=1S/C18H21Cl2N3O2S/c1-11-8-23(9-12(2)25-11)10-17(24)22-18-21-7-13(26-18)6-14-15(19)4-3-5-16(14)20/h3-5,7,11-12H,6,8-10H2,1-2H3,(H,21,22,24)/t11-,12-/m1/s1. The Balaban J connectivity index is 1.57. The molecule has 3 rings (SSSR count). The number of hydrogen-bond donors (Lipinski definition) is 1. The molecule has 0 unspecified atom stereocenters. The van der Waals surface area contributed by atoms with E-state index in [4.69, 9.17) is 27.9 Å². The van der Waals surface area contributed by atoms with Gasteiger partial charge < -0.3 is 10.1 Å². The molecule has 1 fully saturated rings. The predicted octanol–water partition coefficient (Wildman–Crippen LogP) is 4.09. The fourth-order valence-corrected chi connectivity index (χ4v) is 4.47. The molecule has 26 heavy (non-hydrogen) atoms. The van der Waals surface area contributed by atoms with E-state index in [2.05, 4.69) is 15.2 Å². The Morgan fingerprint density at radius 1 is 1.31 bits per heavy atom. The number of benzene rings is 1. The van der Waals surface area contributed by atoms with Crippen LogP contribution in [-0.2, 0) is 16.0 Å². The molecule has 1 N–H and O–H groups in total. The number of morpholine rings is 1. The smallest absolute Gasteiger partial charge is 0.240 e. The van der Waals surface area contributed by atoms with E-state index >= 15 is 0 Å². The van der Waals surface area contributed by atoms with E-state index in [1.165, 1.54) is 11.3 Å². The van der Waals surface area contributed by atoms with E-state index in [1.54, 1.807) is 6.20 Å². The quantitative estimate of drug-likeness (QED) is 0.801. The number of aromatic nitrogens is 1. The van der Waals surface area contributed by atoms with Gasteiger partial charge in [-0.1, -0.05) is 29.3 Å². The summed E-state index contributed by atoms with van der Waals surface area (Å²) < 4.78 is 5.69. The fourth-order valence-electron chi connectivity index (χ4n) is 3.10. The molecule has 1 amide bonds. The second kappa shape index (κ2) is 8.67. The lowest BCUT2D eigenvalue weighted by molar-refractivity contribution is -0.121. The van der Waals surface area contributed by atoms with Gasteiger partial charge in [0.2, 0.25) is 5.91 Å². The molecule has 2 atom stereocenters. The Morgan fingerprint density at radius 2 is 1.96 bits per heavy atom. The van der Waals surface area contributed by atoms with Crippen LogP contribution < -0.4 is 5.32 Å². The highest BCUT2D eigenvalue weighted by atomic mass is 35.5. The van der Waals surface area contributed by atoms with Crippen LogP contribution in [0.4, 0.5) is 5.13 Å². The Morgan fingerprint density at radius 3 is 2.62 bits per heavy atom. The molecule has 2 aromatic rings. The number of nitrogens with zero attached hydrogens (tertiary/aromatic N) is 2. The molecule has 0 spiro atoms. The molecule has 8 heteroatoms. The van der Waals surface area contributed by atoms with E-state index in [1.807, 2.05) is 32.0 Å². The number of anilines is 1. The number of nitrogens with one attached hydrogen (secondary N) is 1. The topological polar surface area (TPSA) is 54.5 Å². The molecule has 0 radical (unpaired) electrons. The second-order valence-corrected chi connectivity index (χ2v) is 8.44. The zero-order valence-electron chi connectivity index (χ0n) is 14.7. The van der Waals surface area contributed by atoms with Gasteiger partial charge in [0.15, 0.2) is 5.13 Å². The fraction of sp³-hybridized carbons (Fsp3) is 0.444. The van der Waals surface area contributed by atoms with Crippen LogP contribution in [0.3, 0.4) is 0 Å². The van der Waals surface area contributed by atoms with Gasteiger partial charge in [-0.05, 0) is 31.5 Å². The van der Waals surface area contributed by atoms with Gasteiger partial charge >= 0.3 is 0 Å². The maximum atomic E-state index is 12.3. The van der Waals surface area contributed by atoms with Crippen LogP contribution in [0.1, 0.15) is 24.3 Å². The number of hydrogen-bond acceptors (Lipinski definition) is 5. The van der Waals surface area contributed by atoms with E-state index in [0.29, 0.717) is 28.1 Å². The monoisotopic (exact) mass is 413 g/mol. The molecule has 0 saturated carbocycles. The molecule has 1 aromatic carbocycles. The highest BCUT2D eigenvalue weighted by Gasteiger charge is 2.24. The molecular weight excluding hydrogens is 393 g/mol. The van der Waals surface area contributed by atoms with Crippen molar-refractivity contribution in [3.05, 3.63) is 44.9 Å². The summed E-state index contributed by atoms with van der Waals surface area (Å²) in [5.41, 5.74) is 0.869. The summed E-state index contributed by atoms with van der Waals surface area (Å²) in [6.45, 7) is 5.89. The number of amides is 1. The van der Waals surface area contributed by atoms with E-state index in [-0.39, 0.29) is 18.1 Å². The maximum absolute atomic E-state index is 12.3. The highest BCUT2D eigenvalue weighted by molar-refractivity contribution is 7.15. The summed E-state index contributed by atoms with van der Waals surface area (Å²) in [5, 5.41) is 4.72. The van der Waals surface area contributed by atoms with Gasteiger partial charge in [0, 0.05) is 40.6 Å². The van der Waals surface area contributed by atoms with Crippen molar-refractivity contribution in [2.45, 2.75) is 32.5 Å². The number of carbonyl (C=O) groups excluding carboxylic acids is 1. The molecule has 5 nitrogen and oxygen atoms in total. The minimum absolute atomic E-state index is 0.0667. The SMILES string of the molecule is C[C@@H]1CN(CC(=O)Nc2ncc(Cc3c(Cl)cccc3Cl)s2)C[C@@H](C)O1. The number of rotatable bonds is 5. The Labute approximate surface area is 167 Å². The molecular formula is C18H21Cl2N3O2S. The first-order valence-electron chi connectivity index (χ1n) is 8.46. The molecule has 140 valence electrons. The number of carbonyl (C=O) groups is 1. The Kier molecular flexibility index (Phi) is 6.53. The van der Waals surface area contributed by atoms with Crippen LogP contribution in [0.2, 0.25) is 10.0 Å². The summed E-state index contributed by atoms with van der Waals surface area (Å²) in [6, 6.07) is 5.45. The first kappa shape index (κ1) is 19.6. The van der Waals surface area contributed by atoms with Crippen LogP contribution in [0.25, 0.3) is 0 Å². The lowest BCUT2D eigenvalue weighted by Crippen LogP contribution is -2.48. The van der Waals surface area contributed by atoms with Crippen molar-refractivity contribution in [3.8, 4) is 0 Å².